The maximum atomic E-state index is 13.3. The molecule has 2 heterocycles. The molecule has 3 aromatic rings. The molecule has 2 amide bonds. The summed E-state index contributed by atoms with van der Waals surface area (Å²) in [6.07, 6.45) is 2.98. The summed E-state index contributed by atoms with van der Waals surface area (Å²) in [5.74, 6) is -0.358. The van der Waals surface area contributed by atoms with Gasteiger partial charge >= 0.3 is 0 Å². The van der Waals surface area contributed by atoms with Crippen molar-refractivity contribution in [2.24, 2.45) is 0 Å². The first-order chi connectivity index (χ1) is 16.0. The largest absolute Gasteiger partial charge is 0.465 e. The average molecular weight is 444 g/mol. The SMILES string of the molecule is CC(=O)c1ccc(N2CCN(C(=O)/C(=C/c3ccco3)C(=O)Nc3ccccc3)CC2)cc1. The predicted octanol–water partition coefficient (Wildman–Crippen LogP) is 3.85. The normalized spacial score (nSPS) is 14.2. The highest BCUT2D eigenvalue weighted by Gasteiger charge is 2.28. The number of benzene rings is 2. The maximum Gasteiger partial charge on any atom is 0.261 e. The van der Waals surface area contributed by atoms with E-state index < -0.39 is 5.91 Å². The van der Waals surface area contributed by atoms with Crippen LogP contribution in [0.15, 0.2) is 83.0 Å². The lowest BCUT2D eigenvalue weighted by atomic mass is 10.1. The van der Waals surface area contributed by atoms with Crippen molar-refractivity contribution < 1.29 is 18.8 Å². The molecule has 1 N–H and O–H groups in total. The minimum atomic E-state index is -0.482. The predicted molar refractivity (Wildman–Crippen MR) is 127 cm³/mol. The number of furan rings is 1. The second-order valence-electron chi connectivity index (χ2n) is 7.78. The molecule has 0 bridgehead atoms. The molecule has 0 saturated carbocycles. The van der Waals surface area contributed by atoms with Crippen LogP contribution in [0.3, 0.4) is 0 Å². The van der Waals surface area contributed by atoms with Crippen LogP contribution in [0, 0.1) is 0 Å². The summed E-state index contributed by atoms with van der Waals surface area (Å²) in [5.41, 5.74) is 2.30. The summed E-state index contributed by atoms with van der Waals surface area (Å²) in [6, 6.07) is 19.9. The third kappa shape index (κ3) is 5.38. The standard InChI is InChI=1S/C26H25N3O4/c1-19(30)20-9-11-22(12-10-20)28-13-15-29(16-14-28)26(32)24(18-23-8-5-17-33-23)25(31)27-21-6-3-2-4-7-21/h2-12,17-18H,13-16H2,1H3,(H,27,31)/b24-18+. The molecule has 0 unspecified atom stereocenters. The van der Waals surface area contributed by atoms with Crippen LogP contribution in [0.5, 0.6) is 0 Å². The van der Waals surface area contributed by atoms with Crippen LogP contribution >= 0.6 is 0 Å². The monoisotopic (exact) mass is 443 g/mol. The number of hydrogen-bond donors (Lipinski definition) is 1. The Bertz CT molecular complexity index is 1140. The van der Waals surface area contributed by atoms with Crippen LogP contribution in [-0.2, 0) is 9.59 Å². The molecule has 1 aliphatic heterocycles. The number of Topliss-reactive ketones (excluding diaryl/α,β-unsaturated/α-hetero) is 1. The van der Waals surface area contributed by atoms with Gasteiger partial charge in [-0.1, -0.05) is 18.2 Å². The highest BCUT2D eigenvalue weighted by Crippen LogP contribution is 2.20. The van der Waals surface area contributed by atoms with Gasteiger partial charge in [0.2, 0.25) is 0 Å². The number of piperazine rings is 1. The molecule has 0 radical (unpaired) electrons. The fourth-order valence-electron chi connectivity index (χ4n) is 3.71. The molecule has 7 nitrogen and oxygen atoms in total. The van der Waals surface area contributed by atoms with E-state index >= 15 is 0 Å². The zero-order valence-corrected chi connectivity index (χ0v) is 18.4. The zero-order valence-electron chi connectivity index (χ0n) is 18.4. The van der Waals surface area contributed by atoms with Crippen LogP contribution in [0.2, 0.25) is 0 Å². The summed E-state index contributed by atoms with van der Waals surface area (Å²) in [6.45, 7) is 3.74. The number of nitrogens with zero attached hydrogens (tertiary/aromatic N) is 2. The molecule has 4 rings (SSSR count). The van der Waals surface area contributed by atoms with Crippen molar-refractivity contribution in [1.29, 1.82) is 0 Å². The maximum absolute atomic E-state index is 13.3. The Morgan fingerprint density at radius 3 is 2.18 bits per heavy atom. The van der Waals surface area contributed by atoms with Crippen molar-refractivity contribution in [3.63, 3.8) is 0 Å². The summed E-state index contributed by atoms with van der Waals surface area (Å²) >= 11 is 0. The van der Waals surface area contributed by atoms with E-state index in [1.807, 2.05) is 42.5 Å². The van der Waals surface area contributed by atoms with Gasteiger partial charge in [-0.25, -0.2) is 0 Å². The number of hydrogen-bond acceptors (Lipinski definition) is 5. The number of carbonyl (C=O) groups excluding carboxylic acids is 3. The first-order valence-electron chi connectivity index (χ1n) is 10.8. The molecular weight excluding hydrogens is 418 g/mol. The number of amides is 2. The minimum Gasteiger partial charge on any atom is -0.465 e. The molecule has 1 fully saturated rings. The second-order valence-corrected chi connectivity index (χ2v) is 7.78. The second kappa shape index (κ2) is 9.99. The number of anilines is 2. The topological polar surface area (TPSA) is 82.9 Å². The van der Waals surface area contributed by atoms with Gasteiger partial charge in [-0.05, 0) is 61.5 Å². The number of rotatable bonds is 6. The number of ketones is 1. The molecule has 0 atom stereocenters. The lowest BCUT2D eigenvalue weighted by molar-refractivity contribution is -0.129. The van der Waals surface area contributed by atoms with E-state index in [0.717, 1.165) is 5.69 Å². The molecule has 2 aromatic carbocycles. The Hall–Kier alpha value is -4.13. The Labute approximate surface area is 192 Å². The summed E-state index contributed by atoms with van der Waals surface area (Å²) < 4.78 is 5.34. The van der Waals surface area contributed by atoms with Crippen molar-refractivity contribution >= 4 is 35.0 Å². The van der Waals surface area contributed by atoms with E-state index in [2.05, 4.69) is 10.2 Å². The zero-order chi connectivity index (χ0) is 23.2. The Morgan fingerprint density at radius 2 is 1.58 bits per heavy atom. The third-order valence-corrected chi connectivity index (χ3v) is 5.54. The molecule has 7 heteroatoms. The van der Waals surface area contributed by atoms with Crippen LogP contribution < -0.4 is 10.2 Å². The quantitative estimate of drug-likeness (QED) is 0.271. The summed E-state index contributed by atoms with van der Waals surface area (Å²) in [7, 11) is 0. The van der Waals surface area contributed by atoms with E-state index in [-0.39, 0.29) is 17.3 Å². The first kappa shape index (κ1) is 22.1. The summed E-state index contributed by atoms with van der Waals surface area (Å²) in [5, 5.41) is 2.79. The van der Waals surface area contributed by atoms with Crippen LogP contribution in [0.1, 0.15) is 23.0 Å². The lowest BCUT2D eigenvalue weighted by Crippen LogP contribution is -2.50. The first-order valence-corrected chi connectivity index (χ1v) is 10.8. The van der Waals surface area contributed by atoms with E-state index in [1.54, 1.807) is 36.1 Å². The van der Waals surface area contributed by atoms with Crippen molar-refractivity contribution in [2.75, 3.05) is 36.4 Å². The molecule has 1 saturated heterocycles. The Morgan fingerprint density at radius 1 is 0.879 bits per heavy atom. The molecule has 168 valence electrons. The fourth-order valence-corrected chi connectivity index (χ4v) is 3.71. The van der Waals surface area contributed by atoms with E-state index in [9.17, 15) is 14.4 Å². The Kier molecular flexibility index (Phi) is 6.69. The lowest BCUT2D eigenvalue weighted by Gasteiger charge is -2.36. The number of nitrogens with one attached hydrogen (secondary N) is 1. The van der Waals surface area contributed by atoms with Gasteiger partial charge in [-0.2, -0.15) is 0 Å². The van der Waals surface area contributed by atoms with E-state index in [1.165, 1.54) is 12.3 Å². The molecular formula is C26H25N3O4. The minimum absolute atomic E-state index is 0.0214. The van der Waals surface area contributed by atoms with Gasteiger partial charge < -0.3 is 19.5 Å². The fraction of sp³-hybridized carbons (Fsp3) is 0.192. The highest BCUT2D eigenvalue weighted by molar-refractivity contribution is 6.25. The molecule has 1 aromatic heterocycles. The number of carbonyl (C=O) groups is 3. The molecule has 0 spiro atoms. The van der Waals surface area contributed by atoms with E-state index in [4.69, 9.17) is 4.42 Å². The van der Waals surface area contributed by atoms with Gasteiger partial charge in [0, 0.05) is 43.1 Å². The van der Waals surface area contributed by atoms with Crippen molar-refractivity contribution in [2.45, 2.75) is 6.92 Å². The van der Waals surface area contributed by atoms with Crippen LogP contribution in [-0.4, -0.2) is 48.7 Å². The van der Waals surface area contributed by atoms with Crippen LogP contribution in [0.25, 0.3) is 6.08 Å². The van der Waals surface area contributed by atoms with Gasteiger partial charge in [0.25, 0.3) is 11.8 Å². The van der Waals surface area contributed by atoms with Crippen LogP contribution in [0.4, 0.5) is 11.4 Å². The molecule has 1 aliphatic rings. The van der Waals surface area contributed by atoms with Gasteiger partial charge in [-0.15, -0.1) is 0 Å². The van der Waals surface area contributed by atoms with Gasteiger partial charge in [-0.3, -0.25) is 14.4 Å². The van der Waals surface area contributed by atoms with Gasteiger partial charge in [0.15, 0.2) is 5.78 Å². The van der Waals surface area contributed by atoms with E-state index in [0.29, 0.717) is 43.2 Å². The Balaban J connectivity index is 1.46. The van der Waals surface area contributed by atoms with Crippen molar-refractivity contribution in [3.05, 3.63) is 89.9 Å². The third-order valence-electron chi connectivity index (χ3n) is 5.54. The van der Waals surface area contributed by atoms with Gasteiger partial charge in [0.05, 0.1) is 6.26 Å². The molecule has 0 aliphatic carbocycles. The average Bonchev–Trinajstić information content (AvgIpc) is 3.36. The molecule has 33 heavy (non-hydrogen) atoms. The smallest absolute Gasteiger partial charge is 0.261 e. The van der Waals surface area contributed by atoms with Crippen molar-refractivity contribution in [3.8, 4) is 0 Å². The summed E-state index contributed by atoms with van der Waals surface area (Å²) in [4.78, 5) is 41.6. The van der Waals surface area contributed by atoms with Gasteiger partial charge in [0.1, 0.15) is 11.3 Å². The number of para-hydroxylation sites is 1. The van der Waals surface area contributed by atoms with Crippen molar-refractivity contribution in [1.82, 2.24) is 4.90 Å². The highest BCUT2D eigenvalue weighted by atomic mass is 16.3.